The number of rotatable bonds is 8. The Morgan fingerprint density at radius 1 is 0.962 bits per heavy atom. The van der Waals surface area contributed by atoms with Gasteiger partial charge in [0.15, 0.2) is 0 Å². The molecule has 2 rings (SSSR count). The second-order valence-corrected chi connectivity index (χ2v) is 7.04. The average Bonchev–Trinajstić information content (AvgIpc) is 2.65. The zero-order valence-corrected chi connectivity index (χ0v) is 14.9. The Hall–Kier alpha value is -2.62. The SMILES string of the molecule is COc1ccc(C(O)C(NS(=O)(=O)c2ccc(OC)cc2)C(=O)O)cc1. The molecule has 2 aromatic carbocycles. The van der Waals surface area contributed by atoms with Gasteiger partial charge in [-0.2, -0.15) is 4.72 Å². The van der Waals surface area contributed by atoms with E-state index in [9.17, 15) is 23.4 Å². The van der Waals surface area contributed by atoms with E-state index in [1.807, 2.05) is 4.72 Å². The number of aliphatic hydroxyl groups excluding tert-OH is 1. The van der Waals surface area contributed by atoms with Crippen LogP contribution in [-0.4, -0.2) is 44.9 Å². The van der Waals surface area contributed by atoms with E-state index in [2.05, 4.69) is 0 Å². The summed E-state index contributed by atoms with van der Waals surface area (Å²) in [7, 11) is -1.26. The molecule has 0 aromatic heterocycles. The molecule has 26 heavy (non-hydrogen) atoms. The normalized spacial score (nSPS) is 13.7. The third kappa shape index (κ3) is 4.51. The van der Waals surface area contributed by atoms with Gasteiger partial charge < -0.3 is 19.7 Å². The molecule has 2 aromatic rings. The second kappa shape index (κ2) is 8.17. The molecule has 0 saturated heterocycles. The van der Waals surface area contributed by atoms with Gasteiger partial charge in [-0.15, -0.1) is 0 Å². The summed E-state index contributed by atoms with van der Waals surface area (Å²) in [6, 6.07) is 9.65. The number of methoxy groups -OCH3 is 2. The van der Waals surface area contributed by atoms with Crippen LogP contribution in [0.25, 0.3) is 0 Å². The molecule has 0 radical (unpaired) electrons. The molecule has 0 aliphatic heterocycles. The van der Waals surface area contributed by atoms with Crippen LogP contribution in [0.3, 0.4) is 0 Å². The van der Waals surface area contributed by atoms with E-state index in [-0.39, 0.29) is 10.5 Å². The highest BCUT2D eigenvalue weighted by Crippen LogP contribution is 2.22. The smallest absolute Gasteiger partial charge is 0.324 e. The fourth-order valence-electron chi connectivity index (χ4n) is 2.23. The summed E-state index contributed by atoms with van der Waals surface area (Å²) >= 11 is 0. The molecule has 0 bridgehead atoms. The van der Waals surface area contributed by atoms with E-state index in [1.165, 1.54) is 62.8 Å². The summed E-state index contributed by atoms with van der Waals surface area (Å²) < 4.78 is 36.8. The lowest BCUT2D eigenvalue weighted by Gasteiger charge is -2.21. The maximum atomic E-state index is 12.4. The molecule has 0 saturated carbocycles. The molecule has 3 N–H and O–H groups in total. The molecular weight excluding hydrogens is 362 g/mol. The number of aliphatic hydroxyl groups is 1. The molecule has 8 nitrogen and oxygen atoms in total. The number of carbonyl (C=O) groups is 1. The number of benzene rings is 2. The number of carboxylic acids is 1. The number of carboxylic acid groups (broad SMARTS) is 1. The molecule has 9 heteroatoms. The molecule has 2 unspecified atom stereocenters. The van der Waals surface area contributed by atoms with Gasteiger partial charge in [0.25, 0.3) is 0 Å². The van der Waals surface area contributed by atoms with Crippen LogP contribution in [-0.2, 0) is 14.8 Å². The predicted molar refractivity (Wildman–Crippen MR) is 92.7 cm³/mol. The van der Waals surface area contributed by atoms with E-state index < -0.39 is 28.1 Å². The van der Waals surface area contributed by atoms with Crippen LogP contribution in [0.4, 0.5) is 0 Å². The van der Waals surface area contributed by atoms with E-state index in [4.69, 9.17) is 9.47 Å². The maximum absolute atomic E-state index is 12.4. The van der Waals surface area contributed by atoms with Gasteiger partial charge in [-0.05, 0) is 42.0 Å². The van der Waals surface area contributed by atoms with E-state index >= 15 is 0 Å². The van der Waals surface area contributed by atoms with Gasteiger partial charge in [-0.25, -0.2) is 8.42 Å². The summed E-state index contributed by atoms with van der Waals surface area (Å²) in [4.78, 5) is 11.4. The third-order valence-corrected chi connectivity index (χ3v) is 5.15. The van der Waals surface area contributed by atoms with Gasteiger partial charge >= 0.3 is 5.97 Å². The minimum Gasteiger partial charge on any atom is -0.497 e. The Morgan fingerprint density at radius 2 is 1.42 bits per heavy atom. The molecule has 0 spiro atoms. The lowest BCUT2D eigenvalue weighted by molar-refractivity contribution is -0.141. The first-order valence-corrected chi connectivity index (χ1v) is 8.98. The number of ether oxygens (including phenoxy) is 2. The van der Waals surface area contributed by atoms with Gasteiger partial charge in [-0.1, -0.05) is 12.1 Å². The third-order valence-electron chi connectivity index (χ3n) is 3.69. The van der Waals surface area contributed by atoms with Gasteiger partial charge in [0, 0.05) is 0 Å². The van der Waals surface area contributed by atoms with Crippen LogP contribution in [0.15, 0.2) is 53.4 Å². The minimum atomic E-state index is -4.17. The quantitative estimate of drug-likeness (QED) is 0.627. The van der Waals surface area contributed by atoms with Crippen molar-refractivity contribution in [3.05, 3.63) is 54.1 Å². The fourth-order valence-corrected chi connectivity index (χ4v) is 3.43. The summed E-state index contributed by atoms with van der Waals surface area (Å²) in [6.07, 6.45) is -1.59. The zero-order chi connectivity index (χ0) is 19.3. The lowest BCUT2D eigenvalue weighted by Crippen LogP contribution is -2.44. The number of aliphatic carboxylic acids is 1. The van der Waals surface area contributed by atoms with Crippen molar-refractivity contribution in [3.8, 4) is 11.5 Å². The highest BCUT2D eigenvalue weighted by molar-refractivity contribution is 7.89. The van der Waals surface area contributed by atoms with Crippen LogP contribution in [0, 0.1) is 0 Å². The van der Waals surface area contributed by atoms with Crippen LogP contribution in [0.5, 0.6) is 11.5 Å². The highest BCUT2D eigenvalue weighted by Gasteiger charge is 2.32. The van der Waals surface area contributed by atoms with Gasteiger partial charge in [0.2, 0.25) is 10.0 Å². The first-order chi connectivity index (χ1) is 12.3. The second-order valence-electron chi connectivity index (χ2n) is 5.33. The number of hydrogen-bond acceptors (Lipinski definition) is 6. The molecule has 0 fully saturated rings. The minimum absolute atomic E-state index is 0.147. The summed E-state index contributed by atoms with van der Waals surface area (Å²) in [5.74, 6) is -0.533. The monoisotopic (exact) mass is 381 g/mol. The summed E-state index contributed by atoms with van der Waals surface area (Å²) in [5, 5.41) is 19.7. The lowest BCUT2D eigenvalue weighted by atomic mass is 10.0. The van der Waals surface area contributed by atoms with Gasteiger partial charge in [-0.3, -0.25) is 4.79 Å². The number of sulfonamides is 1. The largest absolute Gasteiger partial charge is 0.497 e. The summed E-state index contributed by atoms with van der Waals surface area (Å²) in [5.41, 5.74) is 0.232. The Morgan fingerprint density at radius 3 is 1.85 bits per heavy atom. The Balaban J connectivity index is 2.26. The Kier molecular flexibility index (Phi) is 6.19. The summed E-state index contributed by atoms with van der Waals surface area (Å²) in [6.45, 7) is 0. The Labute approximate surface area is 151 Å². The van der Waals surface area contributed by atoms with Crippen molar-refractivity contribution >= 4 is 16.0 Å². The van der Waals surface area contributed by atoms with Crippen molar-refractivity contribution in [3.63, 3.8) is 0 Å². The van der Waals surface area contributed by atoms with Gasteiger partial charge in [0.1, 0.15) is 23.6 Å². The van der Waals surface area contributed by atoms with Crippen LogP contribution in [0.2, 0.25) is 0 Å². The van der Waals surface area contributed by atoms with Crippen LogP contribution >= 0.6 is 0 Å². The topological polar surface area (TPSA) is 122 Å². The van der Waals surface area contributed by atoms with Crippen molar-refractivity contribution in [1.29, 1.82) is 0 Å². The predicted octanol–water partition coefficient (Wildman–Crippen LogP) is 1.17. The standard InChI is InChI=1S/C17H19NO7S/c1-24-12-5-3-11(4-6-12)16(19)15(17(20)21)18-26(22,23)14-9-7-13(25-2)8-10-14/h3-10,15-16,18-19H,1-2H3,(H,20,21). The van der Waals surface area contributed by atoms with Crippen molar-refractivity contribution in [2.45, 2.75) is 17.0 Å². The van der Waals surface area contributed by atoms with Crippen molar-refractivity contribution < 1.29 is 32.9 Å². The fraction of sp³-hybridized carbons (Fsp3) is 0.235. The molecule has 2 atom stereocenters. The van der Waals surface area contributed by atoms with Gasteiger partial charge in [0.05, 0.1) is 19.1 Å². The van der Waals surface area contributed by atoms with E-state index in [0.717, 1.165) is 0 Å². The number of nitrogens with one attached hydrogen (secondary N) is 1. The maximum Gasteiger partial charge on any atom is 0.324 e. The van der Waals surface area contributed by atoms with Crippen molar-refractivity contribution in [1.82, 2.24) is 4.72 Å². The van der Waals surface area contributed by atoms with Crippen LogP contribution < -0.4 is 14.2 Å². The zero-order valence-electron chi connectivity index (χ0n) is 14.1. The molecule has 0 heterocycles. The molecular formula is C17H19NO7S. The Bertz CT molecular complexity index is 848. The number of hydrogen-bond donors (Lipinski definition) is 3. The first kappa shape index (κ1) is 19.7. The molecule has 0 aliphatic rings. The molecule has 140 valence electrons. The van der Waals surface area contributed by atoms with Crippen molar-refractivity contribution in [2.24, 2.45) is 0 Å². The molecule has 0 amide bonds. The average molecular weight is 381 g/mol. The first-order valence-electron chi connectivity index (χ1n) is 7.49. The van der Waals surface area contributed by atoms with Crippen LogP contribution in [0.1, 0.15) is 11.7 Å². The van der Waals surface area contributed by atoms with Crippen molar-refractivity contribution in [2.75, 3.05) is 14.2 Å². The van der Waals surface area contributed by atoms with E-state index in [0.29, 0.717) is 11.5 Å². The highest BCUT2D eigenvalue weighted by atomic mass is 32.2. The molecule has 0 aliphatic carbocycles. The van der Waals surface area contributed by atoms with E-state index in [1.54, 1.807) is 0 Å².